The van der Waals surface area contributed by atoms with E-state index >= 15 is 0 Å². The molecule has 152 valence electrons. The lowest BCUT2D eigenvalue weighted by Gasteiger charge is -2.35. The normalized spacial score (nSPS) is 16.0. The monoisotopic (exact) mass is 398 g/mol. The first kappa shape index (κ1) is 21.6. The van der Waals surface area contributed by atoms with Crippen molar-refractivity contribution in [2.24, 2.45) is 0 Å². The molecule has 9 heteroatoms. The van der Waals surface area contributed by atoms with Gasteiger partial charge in [-0.15, -0.1) is 0 Å². The molecule has 0 saturated heterocycles. The number of carbonyl (C=O) groups excluding carboxylic acids is 2. The van der Waals surface area contributed by atoms with Crippen molar-refractivity contribution in [2.45, 2.75) is 33.1 Å². The van der Waals surface area contributed by atoms with Gasteiger partial charge >= 0.3 is 5.97 Å². The summed E-state index contributed by atoms with van der Waals surface area (Å²) in [6, 6.07) is 7.76. The molecule has 0 saturated carbocycles. The van der Waals surface area contributed by atoms with Gasteiger partial charge < -0.3 is 15.0 Å². The molecular weight excluding hydrogens is 376 g/mol. The number of rotatable bonds is 8. The van der Waals surface area contributed by atoms with E-state index in [-0.39, 0.29) is 24.3 Å². The van der Waals surface area contributed by atoms with Crippen molar-refractivity contribution in [1.29, 1.82) is 5.26 Å². The molecule has 0 radical (unpaired) electrons. The van der Waals surface area contributed by atoms with E-state index in [1.54, 1.807) is 32.9 Å². The molecule has 1 aromatic rings. The molecule has 29 heavy (non-hydrogen) atoms. The second kappa shape index (κ2) is 9.50. The lowest BCUT2D eigenvalue weighted by Crippen LogP contribution is -2.36. The third-order valence-corrected chi connectivity index (χ3v) is 4.61. The van der Waals surface area contributed by atoms with Crippen LogP contribution in [0.2, 0.25) is 0 Å². The van der Waals surface area contributed by atoms with Crippen LogP contribution in [0.1, 0.15) is 38.7 Å². The van der Waals surface area contributed by atoms with E-state index in [4.69, 9.17) is 10.00 Å². The second-order valence-electron chi connectivity index (χ2n) is 6.39. The maximum Gasteiger partial charge on any atom is 0.336 e. The van der Waals surface area contributed by atoms with Crippen LogP contribution in [-0.4, -0.2) is 35.4 Å². The molecule has 0 bridgehead atoms. The number of nitrogens with one attached hydrogen (secondary N) is 1. The summed E-state index contributed by atoms with van der Waals surface area (Å²) in [5, 5.41) is 22.8. The van der Waals surface area contributed by atoms with Crippen molar-refractivity contribution in [2.75, 3.05) is 13.2 Å². The lowest BCUT2D eigenvalue weighted by molar-refractivity contribution is -0.384. The standard InChI is InChI=1S/C20H22N4O5/c1-4-23(12-25)19-14(3)22-13(2)17(20(26)29-11-5-10-21)18(19)15-6-8-16(9-7-15)24(27)28/h6-9,12,18,22H,4-5,11H2,1-3H3. The smallest absolute Gasteiger partial charge is 0.336 e. The molecule has 0 spiro atoms. The molecule has 1 heterocycles. The fourth-order valence-electron chi connectivity index (χ4n) is 3.32. The predicted octanol–water partition coefficient (Wildman–Crippen LogP) is 2.72. The van der Waals surface area contributed by atoms with Gasteiger partial charge in [-0.3, -0.25) is 14.9 Å². The van der Waals surface area contributed by atoms with E-state index in [9.17, 15) is 19.7 Å². The molecule has 1 aromatic carbocycles. The molecule has 2 rings (SSSR count). The highest BCUT2D eigenvalue weighted by Crippen LogP contribution is 2.40. The number of non-ortho nitro benzene ring substituents is 1. The van der Waals surface area contributed by atoms with E-state index in [1.807, 2.05) is 6.07 Å². The fraction of sp³-hybridized carbons (Fsp3) is 0.350. The van der Waals surface area contributed by atoms with Gasteiger partial charge in [-0.1, -0.05) is 12.1 Å². The van der Waals surface area contributed by atoms with Gasteiger partial charge in [0.2, 0.25) is 6.41 Å². The van der Waals surface area contributed by atoms with Gasteiger partial charge in [-0.25, -0.2) is 4.79 Å². The van der Waals surface area contributed by atoms with Crippen molar-refractivity contribution in [3.05, 3.63) is 62.6 Å². The molecule has 0 aromatic heterocycles. The molecule has 1 aliphatic rings. The van der Waals surface area contributed by atoms with Crippen molar-refractivity contribution < 1.29 is 19.2 Å². The number of nitrogens with zero attached hydrogens (tertiary/aromatic N) is 3. The van der Waals surface area contributed by atoms with Crippen LogP contribution in [0.3, 0.4) is 0 Å². The SMILES string of the molecule is CCN(C=O)C1=C(C)NC(C)=C(C(=O)OCCC#N)C1c1ccc([N+](=O)[O-])cc1. The highest BCUT2D eigenvalue weighted by molar-refractivity contribution is 5.92. The predicted molar refractivity (Wildman–Crippen MR) is 104 cm³/mol. The van der Waals surface area contributed by atoms with E-state index in [0.29, 0.717) is 35.6 Å². The van der Waals surface area contributed by atoms with Crippen molar-refractivity contribution >= 4 is 18.1 Å². The summed E-state index contributed by atoms with van der Waals surface area (Å²) >= 11 is 0. The number of amides is 1. The Bertz CT molecular complexity index is 912. The Morgan fingerprint density at radius 1 is 1.34 bits per heavy atom. The maximum absolute atomic E-state index is 12.8. The van der Waals surface area contributed by atoms with Crippen LogP contribution in [0.15, 0.2) is 46.9 Å². The van der Waals surface area contributed by atoms with Crippen LogP contribution in [0, 0.1) is 21.4 Å². The van der Waals surface area contributed by atoms with Gasteiger partial charge in [0.25, 0.3) is 5.69 Å². The number of nitro benzene ring substituents is 1. The third kappa shape index (κ3) is 4.60. The van der Waals surface area contributed by atoms with Gasteiger partial charge in [0, 0.05) is 30.1 Å². The lowest BCUT2D eigenvalue weighted by atomic mass is 9.83. The number of likely N-dealkylation sites (N-methyl/N-ethyl adjacent to an activating group) is 1. The van der Waals surface area contributed by atoms with Crippen molar-refractivity contribution in [3.8, 4) is 6.07 Å². The molecule has 1 N–H and O–H groups in total. The zero-order valence-corrected chi connectivity index (χ0v) is 16.5. The molecule has 0 aliphatic carbocycles. The van der Waals surface area contributed by atoms with Crippen molar-refractivity contribution in [1.82, 2.24) is 10.2 Å². The van der Waals surface area contributed by atoms with E-state index in [2.05, 4.69) is 5.32 Å². The molecule has 1 aliphatic heterocycles. The van der Waals surface area contributed by atoms with Crippen LogP contribution >= 0.6 is 0 Å². The number of benzene rings is 1. The number of hydrogen-bond donors (Lipinski definition) is 1. The van der Waals surface area contributed by atoms with Gasteiger partial charge in [0.15, 0.2) is 0 Å². The van der Waals surface area contributed by atoms with Crippen LogP contribution in [0.4, 0.5) is 5.69 Å². The van der Waals surface area contributed by atoms with Crippen LogP contribution < -0.4 is 5.32 Å². The highest BCUT2D eigenvalue weighted by atomic mass is 16.6. The minimum atomic E-state index is -0.656. The maximum atomic E-state index is 12.8. The fourth-order valence-corrected chi connectivity index (χ4v) is 3.32. The largest absolute Gasteiger partial charge is 0.461 e. The minimum Gasteiger partial charge on any atom is -0.461 e. The Labute approximate surface area is 168 Å². The summed E-state index contributed by atoms with van der Waals surface area (Å²) < 4.78 is 5.24. The first-order valence-corrected chi connectivity index (χ1v) is 9.04. The number of dihydropyridines is 1. The summed E-state index contributed by atoms with van der Waals surface area (Å²) in [5.41, 5.74) is 2.63. The number of allylic oxidation sites excluding steroid dienone is 3. The van der Waals surface area contributed by atoms with Crippen LogP contribution in [-0.2, 0) is 14.3 Å². The first-order chi connectivity index (χ1) is 13.8. The molecular formula is C20H22N4O5. The van der Waals surface area contributed by atoms with Gasteiger partial charge in [-0.2, -0.15) is 5.26 Å². The zero-order valence-electron chi connectivity index (χ0n) is 16.5. The second-order valence-corrected chi connectivity index (χ2v) is 6.39. The first-order valence-electron chi connectivity index (χ1n) is 9.04. The average Bonchev–Trinajstić information content (AvgIpc) is 2.70. The summed E-state index contributed by atoms with van der Waals surface area (Å²) in [5.74, 6) is -1.27. The van der Waals surface area contributed by atoms with Crippen molar-refractivity contribution in [3.63, 3.8) is 0 Å². The number of nitriles is 1. The summed E-state index contributed by atoms with van der Waals surface area (Å²) in [7, 11) is 0. The Morgan fingerprint density at radius 2 is 2.00 bits per heavy atom. The average molecular weight is 398 g/mol. The Hall–Kier alpha value is -3.67. The molecule has 0 fully saturated rings. The molecule has 9 nitrogen and oxygen atoms in total. The minimum absolute atomic E-state index is 0.0533. The Kier molecular flexibility index (Phi) is 7.09. The van der Waals surface area contributed by atoms with Crippen LogP contribution in [0.25, 0.3) is 0 Å². The number of ether oxygens (including phenoxy) is 1. The summed E-state index contributed by atoms with van der Waals surface area (Å²) in [6.07, 6.45) is 0.739. The van der Waals surface area contributed by atoms with E-state index < -0.39 is 16.8 Å². The molecule has 1 amide bonds. The molecule has 1 unspecified atom stereocenters. The van der Waals surface area contributed by atoms with Gasteiger partial charge in [0.05, 0.1) is 34.6 Å². The van der Waals surface area contributed by atoms with Crippen LogP contribution in [0.5, 0.6) is 0 Å². The third-order valence-electron chi connectivity index (χ3n) is 4.61. The van der Waals surface area contributed by atoms with E-state index in [1.165, 1.54) is 17.0 Å². The quantitative estimate of drug-likeness (QED) is 0.235. The van der Waals surface area contributed by atoms with Gasteiger partial charge in [-0.05, 0) is 26.3 Å². The number of hydrogen-bond acceptors (Lipinski definition) is 7. The zero-order chi connectivity index (χ0) is 21.6. The van der Waals surface area contributed by atoms with Gasteiger partial charge in [0.1, 0.15) is 6.61 Å². The summed E-state index contributed by atoms with van der Waals surface area (Å²) in [4.78, 5) is 36.5. The topological polar surface area (TPSA) is 126 Å². The summed E-state index contributed by atoms with van der Waals surface area (Å²) in [6.45, 7) is 5.63. The highest BCUT2D eigenvalue weighted by Gasteiger charge is 2.36. The number of nitro groups is 1. The Morgan fingerprint density at radius 3 is 2.52 bits per heavy atom. The molecule has 1 atom stereocenters. The number of esters is 1. The van der Waals surface area contributed by atoms with E-state index in [0.717, 1.165) is 0 Å². The Balaban J connectivity index is 2.59. The number of carbonyl (C=O) groups is 2.